The van der Waals surface area contributed by atoms with E-state index in [1.54, 1.807) is 13.3 Å². The van der Waals surface area contributed by atoms with Gasteiger partial charge in [-0.1, -0.05) is 6.92 Å². The summed E-state index contributed by atoms with van der Waals surface area (Å²) in [7, 11) is 1.62. The molecule has 1 N–H and O–H groups in total. The molecule has 0 spiro atoms. The third kappa shape index (κ3) is 4.13. The summed E-state index contributed by atoms with van der Waals surface area (Å²) in [6.07, 6.45) is 2.93. The van der Waals surface area contributed by atoms with Gasteiger partial charge in [0.05, 0.1) is 13.3 Å². The van der Waals surface area contributed by atoms with Gasteiger partial charge in [-0.05, 0) is 36.2 Å². The molecule has 0 radical (unpaired) electrons. The van der Waals surface area contributed by atoms with Crippen LogP contribution in [0.3, 0.4) is 0 Å². The van der Waals surface area contributed by atoms with Gasteiger partial charge >= 0.3 is 0 Å². The van der Waals surface area contributed by atoms with Gasteiger partial charge in [0, 0.05) is 6.42 Å². The number of carbonyl (C=O) groups is 1. The van der Waals surface area contributed by atoms with E-state index in [-0.39, 0.29) is 5.91 Å². The number of ether oxygens (including phenoxy) is 1. The molecule has 1 amide bonds. The number of rotatable bonds is 5. The van der Waals surface area contributed by atoms with Crippen LogP contribution in [0, 0.1) is 0 Å². The molecule has 0 aliphatic carbocycles. The molecular weight excluding hydrogens is 204 g/mol. The van der Waals surface area contributed by atoms with Crippen molar-refractivity contribution >= 4 is 12.1 Å². The van der Waals surface area contributed by atoms with Crippen LogP contribution in [-0.2, 0) is 4.79 Å². The minimum atomic E-state index is -0.0627. The van der Waals surface area contributed by atoms with E-state index in [4.69, 9.17) is 4.74 Å². The van der Waals surface area contributed by atoms with Crippen LogP contribution in [0.5, 0.6) is 5.75 Å². The average Bonchev–Trinajstić information content (AvgIpc) is 2.30. The fourth-order valence-corrected chi connectivity index (χ4v) is 1.15. The topological polar surface area (TPSA) is 50.7 Å². The van der Waals surface area contributed by atoms with Crippen LogP contribution in [0.4, 0.5) is 0 Å². The van der Waals surface area contributed by atoms with Crippen molar-refractivity contribution in [3.8, 4) is 5.75 Å². The van der Waals surface area contributed by atoms with Gasteiger partial charge in [-0.15, -0.1) is 0 Å². The molecule has 1 aromatic carbocycles. The Bertz CT molecular complexity index is 358. The van der Waals surface area contributed by atoms with E-state index >= 15 is 0 Å². The first-order valence-electron chi connectivity index (χ1n) is 5.22. The van der Waals surface area contributed by atoms with Crippen LogP contribution in [0.2, 0.25) is 0 Å². The molecule has 0 saturated heterocycles. The normalized spacial score (nSPS) is 10.4. The van der Waals surface area contributed by atoms with Crippen molar-refractivity contribution in [2.24, 2.45) is 5.10 Å². The monoisotopic (exact) mass is 220 g/mol. The number of hydrazone groups is 1. The second kappa shape index (κ2) is 6.61. The van der Waals surface area contributed by atoms with Crippen LogP contribution in [0.15, 0.2) is 29.4 Å². The van der Waals surface area contributed by atoms with Gasteiger partial charge in [-0.2, -0.15) is 5.10 Å². The highest BCUT2D eigenvalue weighted by Crippen LogP contribution is 2.09. The number of amides is 1. The van der Waals surface area contributed by atoms with E-state index in [0.717, 1.165) is 17.7 Å². The Morgan fingerprint density at radius 2 is 2.12 bits per heavy atom. The van der Waals surface area contributed by atoms with E-state index in [1.165, 1.54) is 0 Å². The molecule has 0 aromatic heterocycles. The lowest BCUT2D eigenvalue weighted by atomic mass is 10.2. The molecule has 16 heavy (non-hydrogen) atoms. The smallest absolute Gasteiger partial charge is 0.240 e. The number of hydrogen-bond donors (Lipinski definition) is 1. The maximum Gasteiger partial charge on any atom is 0.240 e. The highest BCUT2D eigenvalue weighted by atomic mass is 16.5. The highest BCUT2D eigenvalue weighted by Gasteiger charge is 1.95. The molecule has 1 aromatic rings. The fraction of sp³-hybridized carbons (Fsp3) is 0.333. The molecule has 86 valence electrons. The summed E-state index contributed by atoms with van der Waals surface area (Å²) in [5, 5.41) is 3.85. The summed E-state index contributed by atoms with van der Waals surface area (Å²) in [4.78, 5) is 11.1. The lowest BCUT2D eigenvalue weighted by Gasteiger charge is -1.99. The van der Waals surface area contributed by atoms with E-state index in [1.807, 2.05) is 31.2 Å². The first kappa shape index (κ1) is 12.2. The predicted molar refractivity (Wildman–Crippen MR) is 63.6 cm³/mol. The van der Waals surface area contributed by atoms with E-state index < -0.39 is 0 Å². The first-order chi connectivity index (χ1) is 7.76. The van der Waals surface area contributed by atoms with E-state index in [2.05, 4.69) is 10.5 Å². The Balaban J connectivity index is 2.46. The zero-order valence-electron chi connectivity index (χ0n) is 9.56. The zero-order valence-corrected chi connectivity index (χ0v) is 9.56. The highest BCUT2D eigenvalue weighted by molar-refractivity contribution is 5.82. The van der Waals surface area contributed by atoms with Crippen LogP contribution in [0.1, 0.15) is 25.3 Å². The van der Waals surface area contributed by atoms with Crippen LogP contribution in [-0.4, -0.2) is 19.2 Å². The number of benzene rings is 1. The molecule has 1 rings (SSSR count). The molecule has 4 nitrogen and oxygen atoms in total. The summed E-state index contributed by atoms with van der Waals surface area (Å²) >= 11 is 0. The second-order valence-corrected chi connectivity index (χ2v) is 3.32. The Morgan fingerprint density at radius 1 is 1.44 bits per heavy atom. The Labute approximate surface area is 95.3 Å². The van der Waals surface area contributed by atoms with Gasteiger partial charge in [0.15, 0.2) is 0 Å². The molecule has 0 bridgehead atoms. The van der Waals surface area contributed by atoms with Gasteiger partial charge in [-0.3, -0.25) is 4.79 Å². The minimum Gasteiger partial charge on any atom is -0.497 e. The van der Waals surface area contributed by atoms with Crippen molar-refractivity contribution in [1.29, 1.82) is 0 Å². The molecule has 0 saturated carbocycles. The lowest BCUT2D eigenvalue weighted by molar-refractivity contribution is -0.121. The van der Waals surface area contributed by atoms with Gasteiger partial charge in [0.25, 0.3) is 0 Å². The summed E-state index contributed by atoms with van der Waals surface area (Å²) in [6.45, 7) is 1.95. The third-order valence-electron chi connectivity index (χ3n) is 2.00. The Morgan fingerprint density at radius 3 is 2.69 bits per heavy atom. The molecule has 0 unspecified atom stereocenters. The third-order valence-corrected chi connectivity index (χ3v) is 2.00. The quantitative estimate of drug-likeness (QED) is 0.609. The fourth-order valence-electron chi connectivity index (χ4n) is 1.15. The molecule has 0 atom stereocenters. The molecular formula is C12H16N2O2. The second-order valence-electron chi connectivity index (χ2n) is 3.32. The number of nitrogens with one attached hydrogen (secondary N) is 1. The van der Waals surface area contributed by atoms with Gasteiger partial charge in [0.1, 0.15) is 5.75 Å². The van der Waals surface area contributed by atoms with Crippen LogP contribution in [0.25, 0.3) is 0 Å². The number of methoxy groups -OCH3 is 1. The van der Waals surface area contributed by atoms with Crippen LogP contribution < -0.4 is 10.2 Å². The predicted octanol–water partition coefficient (Wildman–Crippen LogP) is 1.95. The van der Waals surface area contributed by atoms with Crippen molar-refractivity contribution in [3.05, 3.63) is 29.8 Å². The van der Waals surface area contributed by atoms with Crippen molar-refractivity contribution in [3.63, 3.8) is 0 Å². The summed E-state index contributed by atoms with van der Waals surface area (Å²) in [6, 6.07) is 7.42. The summed E-state index contributed by atoms with van der Waals surface area (Å²) in [5.41, 5.74) is 3.37. The number of hydrogen-bond acceptors (Lipinski definition) is 3. The number of nitrogens with zero attached hydrogens (tertiary/aromatic N) is 1. The Kier molecular flexibility index (Phi) is 5.05. The first-order valence-corrected chi connectivity index (χ1v) is 5.22. The van der Waals surface area contributed by atoms with Gasteiger partial charge in [-0.25, -0.2) is 5.43 Å². The maximum atomic E-state index is 11.1. The van der Waals surface area contributed by atoms with Crippen molar-refractivity contribution in [1.82, 2.24) is 5.43 Å². The average molecular weight is 220 g/mol. The SMILES string of the molecule is CCCC(=O)N/N=C/c1ccc(OC)cc1. The molecule has 0 aliphatic rings. The van der Waals surface area contributed by atoms with Gasteiger partial charge < -0.3 is 4.74 Å². The summed E-state index contributed by atoms with van der Waals surface area (Å²) in [5.74, 6) is 0.736. The number of carbonyl (C=O) groups excluding carboxylic acids is 1. The molecule has 0 fully saturated rings. The zero-order chi connectivity index (χ0) is 11.8. The minimum absolute atomic E-state index is 0.0627. The van der Waals surface area contributed by atoms with Gasteiger partial charge in [0.2, 0.25) is 5.91 Å². The molecule has 0 heterocycles. The van der Waals surface area contributed by atoms with Crippen molar-refractivity contribution in [2.75, 3.05) is 7.11 Å². The standard InChI is InChI=1S/C12H16N2O2/c1-3-4-12(15)14-13-9-10-5-7-11(16-2)8-6-10/h5-9H,3-4H2,1-2H3,(H,14,15)/b13-9+. The molecule has 0 aliphatic heterocycles. The van der Waals surface area contributed by atoms with Crippen molar-refractivity contribution < 1.29 is 9.53 Å². The summed E-state index contributed by atoms with van der Waals surface area (Å²) < 4.78 is 5.03. The van der Waals surface area contributed by atoms with Crippen molar-refractivity contribution in [2.45, 2.75) is 19.8 Å². The van der Waals surface area contributed by atoms with E-state index in [0.29, 0.717) is 6.42 Å². The maximum absolute atomic E-state index is 11.1. The van der Waals surface area contributed by atoms with Crippen LogP contribution >= 0.6 is 0 Å². The lowest BCUT2D eigenvalue weighted by Crippen LogP contribution is -2.16. The van der Waals surface area contributed by atoms with E-state index in [9.17, 15) is 4.79 Å². The largest absolute Gasteiger partial charge is 0.497 e. The Hall–Kier alpha value is -1.84. The molecule has 4 heteroatoms.